The van der Waals surface area contributed by atoms with Gasteiger partial charge in [-0.2, -0.15) is 17.5 Å². The summed E-state index contributed by atoms with van der Waals surface area (Å²) in [6.07, 6.45) is -4.19. The number of sulfonamides is 1. The van der Waals surface area contributed by atoms with Crippen LogP contribution in [0.15, 0.2) is 52.7 Å². The molecule has 2 heterocycles. The Balaban J connectivity index is 1.44. The van der Waals surface area contributed by atoms with Crippen molar-refractivity contribution in [3.05, 3.63) is 64.7 Å². The molecule has 188 valence electrons. The lowest BCUT2D eigenvalue weighted by molar-refractivity contribution is -0.139. The molecule has 1 aromatic heterocycles. The maximum atomic E-state index is 13.4. The lowest BCUT2D eigenvalue weighted by Crippen LogP contribution is -2.49. The van der Waals surface area contributed by atoms with Crippen molar-refractivity contribution in [2.45, 2.75) is 17.5 Å². The van der Waals surface area contributed by atoms with E-state index in [-0.39, 0.29) is 13.1 Å². The van der Waals surface area contributed by atoms with Gasteiger partial charge in [0.15, 0.2) is 5.13 Å². The standard InChI is InChI=1S/C23H24F3N3O4S2/c1-32-18-12-16(13-19(14-18)33-2)11-17-15-34-22(27-17)28-7-9-29(10-8-28)35(30,31)21-6-4-3-5-20(21)23(24,25)26/h3-6,12-15H,7-11H2,1-2H3. The number of methoxy groups -OCH3 is 2. The Hall–Kier alpha value is -2.83. The summed E-state index contributed by atoms with van der Waals surface area (Å²) < 4.78 is 77.8. The first-order chi connectivity index (χ1) is 16.6. The molecule has 0 saturated carbocycles. The molecule has 1 aliphatic heterocycles. The van der Waals surface area contributed by atoms with Crippen molar-refractivity contribution >= 4 is 26.5 Å². The fourth-order valence-corrected chi connectivity index (χ4v) is 6.40. The number of halogens is 3. The minimum atomic E-state index is -4.75. The Morgan fingerprint density at radius 1 is 1.00 bits per heavy atom. The number of thiazole rings is 1. The van der Waals surface area contributed by atoms with E-state index in [0.717, 1.165) is 32.8 Å². The van der Waals surface area contributed by atoms with Crippen LogP contribution in [0.2, 0.25) is 0 Å². The summed E-state index contributed by atoms with van der Waals surface area (Å²) in [5.41, 5.74) is 0.660. The van der Waals surface area contributed by atoms with Crippen molar-refractivity contribution in [1.29, 1.82) is 0 Å². The molecule has 0 spiro atoms. The molecule has 3 aromatic rings. The molecular formula is C23H24F3N3O4S2. The van der Waals surface area contributed by atoms with Gasteiger partial charge in [-0.3, -0.25) is 0 Å². The van der Waals surface area contributed by atoms with Crippen LogP contribution < -0.4 is 14.4 Å². The van der Waals surface area contributed by atoms with E-state index in [2.05, 4.69) is 4.98 Å². The van der Waals surface area contributed by atoms with Gasteiger partial charge in [0.05, 0.1) is 30.4 Å². The summed E-state index contributed by atoms with van der Waals surface area (Å²) in [5, 5.41) is 2.67. The van der Waals surface area contributed by atoms with Crippen molar-refractivity contribution in [3.8, 4) is 11.5 Å². The lowest BCUT2D eigenvalue weighted by atomic mass is 10.1. The van der Waals surface area contributed by atoms with Gasteiger partial charge in [0.1, 0.15) is 11.5 Å². The van der Waals surface area contributed by atoms with Crippen LogP contribution in [0.3, 0.4) is 0 Å². The van der Waals surface area contributed by atoms with Gasteiger partial charge in [0, 0.05) is 44.0 Å². The van der Waals surface area contributed by atoms with Crippen LogP contribution >= 0.6 is 11.3 Å². The zero-order valence-corrected chi connectivity index (χ0v) is 20.7. The molecule has 1 saturated heterocycles. The third kappa shape index (κ3) is 5.54. The van der Waals surface area contributed by atoms with Gasteiger partial charge in [-0.05, 0) is 29.8 Å². The zero-order valence-electron chi connectivity index (χ0n) is 19.1. The number of nitrogens with zero attached hydrogens (tertiary/aromatic N) is 3. The fraction of sp³-hybridized carbons (Fsp3) is 0.348. The summed E-state index contributed by atoms with van der Waals surface area (Å²) in [6, 6.07) is 9.88. The number of piperazine rings is 1. The van der Waals surface area contributed by atoms with Gasteiger partial charge >= 0.3 is 6.18 Å². The molecule has 1 aliphatic rings. The van der Waals surface area contributed by atoms with Gasteiger partial charge in [-0.25, -0.2) is 13.4 Å². The molecule has 35 heavy (non-hydrogen) atoms. The highest BCUT2D eigenvalue weighted by Crippen LogP contribution is 2.35. The van der Waals surface area contributed by atoms with E-state index in [1.165, 1.54) is 23.5 Å². The molecule has 0 unspecified atom stereocenters. The molecule has 0 atom stereocenters. The quantitative estimate of drug-likeness (QED) is 0.457. The molecule has 7 nitrogen and oxygen atoms in total. The van der Waals surface area contributed by atoms with Crippen molar-refractivity contribution < 1.29 is 31.1 Å². The Labute approximate surface area is 205 Å². The summed E-state index contributed by atoms with van der Waals surface area (Å²) in [5.74, 6) is 1.36. The van der Waals surface area contributed by atoms with Gasteiger partial charge in [-0.15, -0.1) is 11.3 Å². The van der Waals surface area contributed by atoms with Crippen LogP contribution in [0.1, 0.15) is 16.8 Å². The largest absolute Gasteiger partial charge is 0.497 e. The van der Waals surface area contributed by atoms with E-state index in [1.807, 2.05) is 22.4 Å². The Morgan fingerprint density at radius 2 is 1.63 bits per heavy atom. The van der Waals surface area contributed by atoms with Crippen molar-refractivity contribution in [2.75, 3.05) is 45.3 Å². The van der Waals surface area contributed by atoms with E-state index in [4.69, 9.17) is 9.47 Å². The second-order valence-corrected chi connectivity index (χ2v) is 10.6. The minimum absolute atomic E-state index is 0.0660. The molecule has 1 fully saturated rings. The van der Waals surface area contributed by atoms with Crippen molar-refractivity contribution in [3.63, 3.8) is 0 Å². The SMILES string of the molecule is COc1cc(Cc2csc(N3CCN(S(=O)(=O)c4ccccc4C(F)(F)F)CC3)n2)cc(OC)c1. The average molecular weight is 528 g/mol. The monoisotopic (exact) mass is 527 g/mol. The molecule has 4 rings (SSSR count). The smallest absolute Gasteiger partial charge is 0.417 e. The fourth-order valence-electron chi connectivity index (χ4n) is 3.88. The molecule has 0 radical (unpaired) electrons. The molecule has 0 bridgehead atoms. The second-order valence-electron chi connectivity index (χ2n) is 7.90. The van der Waals surface area contributed by atoms with Crippen LogP contribution in [0.5, 0.6) is 11.5 Å². The van der Waals surface area contributed by atoms with Gasteiger partial charge in [0.25, 0.3) is 0 Å². The van der Waals surface area contributed by atoms with E-state index < -0.39 is 26.7 Å². The molecule has 2 aromatic carbocycles. The number of aromatic nitrogens is 1. The number of ether oxygens (including phenoxy) is 2. The normalized spacial score (nSPS) is 15.3. The summed E-state index contributed by atoms with van der Waals surface area (Å²) in [6.45, 7) is 0.785. The predicted molar refractivity (Wildman–Crippen MR) is 127 cm³/mol. The topological polar surface area (TPSA) is 72.0 Å². The summed E-state index contributed by atoms with van der Waals surface area (Å²) in [4.78, 5) is 5.91. The van der Waals surface area contributed by atoms with Crippen LogP contribution in [0, 0.1) is 0 Å². The van der Waals surface area contributed by atoms with E-state index in [1.54, 1.807) is 20.3 Å². The molecule has 12 heteroatoms. The van der Waals surface area contributed by atoms with Crippen LogP contribution in [-0.4, -0.2) is 58.1 Å². The summed E-state index contributed by atoms with van der Waals surface area (Å²) in [7, 11) is -1.12. The van der Waals surface area contributed by atoms with Crippen molar-refractivity contribution in [2.24, 2.45) is 0 Å². The van der Waals surface area contributed by atoms with Gasteiger partial charge in [0.2, 0.25) is 10.0 Å². The number of hydrogen-bond acceptors (Lipinski definition) is 7. The Morgan fingerprint density at radius 3 is 2.23 bits per heavy atom. The Kier molecular flexibility index (Phi) is 7.25. The third-order valence-electron chi connectivity index (χ3n) is 5.66. The maximum Gasteiger partial charge on any atom is 0.417 e. The number of rotatable bonds is 7. The van der Waals surface area contributed by atoms with E-state index in [0.29, 0.717) is 31.0 Å². The highest BCUT2D eigenvalue weighted by Gasteiger charge is 2.39. The molecule has 0 amide bonds. The first-order valence-corrected chi connectivity index (χ1v) is 13.0. The first-order valence-electron chi connectivity index (χ1n) is 10.7. The number of anilines is 1. The number of benzene rings is 2. The maximum absolute atomic E-state index is 13.4. The van der Waals surface area contributed by atoms with Crippen LogP contribution in [0.4, 0.5) is 18.3 Å². The minimum Gasteiger partial charge on any atom is -0.497 e. The van der Waals surface area contributed by atoms with Crippen molar-refractivity contribution in [1.82, 2.24) is 9.29 Å². The first kappa shape index (κ1) is 25.3. The van der Waals surface area contributed by atoms with Gasteiger partial charge in [-0.1, -0.05) is 12.1 Å². The van der Waals surface area contributed by atoms with Crippen LogP contribution in [0.25, 0.3) is 0 Å². The number of alkyl halides is 3. The average Bonchev–Trinajstić information content (AvgIpc) is 3.31. The predicted octanol–water partition coefficient (Wildman–Crippen LogP) is 4.28. The molecule has 0 aliphatic carbocycles. The highest BCUT2D eigenvalue weighted by molar-refractivity contribution is 7.89. The molecule has 0 N–H and O–H groups in total. The number of hydrogen-bond donors (Lipinski definition) is 0. The van der Waals surface area contributed by atoms with E-state index in [9.17, 15) is 21.6 Å². The Bertz CT molecular complexity index is 1260. The van der Waals surface area contributed by atoms with Crippen LogP contribution in [-0.2, 0) is 22.6 Å². The van der Waals surface area contributed by atoms with Gasteiger partial charge < -0.3 is 14.4 Å². The molecular weight excluding hydrogens is 503 g/mol. The summed E-state index contributed by atoms with van der Waals surface area (Å²) >= 11 is 1.44. The third-order valence-corrected chi connectivity index (χ3v) is 8.56. The lowest BCUT2D eigenvalue weighted by Gasteiger charge is -2.34. The zero-order chi connectivity index (χ0) is 25.2. The highest BCUT2D eigenvalue weighted by atomic mass is 32.2. The van der Waals surface area contributed by atoms with E-state index >= 15 is 0 Å². The second kappa shape index (κ2) is 10.0.